The predicted molar refractivity (Wildman–Crippen MR) is 86.3 cm³/mol. The van der Waals surface area contributed by atoms with Crippen LogP contribution in [0.4, 0.5) is 5.69 Å². The first kappa shape index (κ1) is 15.8. The number of amides is 1. The molecule has 1 aromatic rings. The molecular weight excluding hydrogens is 262 g/mol. The average Bonchev–Trinajstić information content (AvgIpc) is 2.55. The Balaban J connectivity index is 1.73. The van der Waals surface area contributed by atoms with Gasteiger partial charge in [-0.3, -0.25) is 9.78 Å². The van der Waals surface area contributed by atoms with Crippen LogP contribution in [0.3, 0.4) is 0 Å². The molecule has 1 aliphatic heterocycles. The summed E-state index contributed by atoms with van der Waals surface area (Å²) in [5, 5.41) is 3.14. The zero-order chi connectivity index (χ0) is 15.1. The van der Waals surface area contributed by atoms with E-state index in [1.165, 1.54) is 5.69 Å². The maximum Gasteiger partial charge on any atom is 0.223 e. The number of nitrogens with one attached hydrogen (secondary N) is 1. The topological polar surface area (TPSA) is 45.2 Å². The zero-order valence-corrected chi connectivity index (χ0v) is 13.2. The molecule has 0 radical (unpaired) electrons. The Labute approximate surface area is 127 Å². The molecule has 0 aliphatic carbocycles. The minimum atomic E-state index is 0.181. The van der Waals surface area contributed by atoms with Gasteiger partial charge in [0.05, 0.1) is 11.9 Å². The van der Waals surface area contributed by atoms with E-state index in [1.54, 1.807) is 0 Å². The fourth-order valence-electron chi connectivity index (χ4n) is 2.98. The summed E-state index contributed by atoms with van der Waals surface area (Å²) in [5.41, 5.74) is 1.21. The highest BCUT2D eigenvalue weighted by atomic mass is 16.1. The van der Waals surface area contributed by atoms with E-state index >= 15 is 0 Å². The molecule has 0 unspecified atom stereocenters. The van der Waals surface area contributed by atoms with Gasteiger partial charge in [-0.2, -0.15) is 0 Å². The van der Waals surface area contributed by atoms with Gasteiger partial charge < -0.3 is 10.2 Å². The van der Waals surface area contributed by atoms with Crippen molar-refractivity contribution in [1.29, 1.82) is 0 Å². The molecule has 0 atom stereocenters. The Morgan fingerprint density at radius 3 is 2.67 bits per heavy atom. The van der Waals surface area contributed by atoms with Gasteiger partial charge in [0.15, 0.2) is 0 Å². The maximum absolute atomic E-state index is 12.0. The molecule has 0 saturated carbocycles. The molecule has 4 heteroatoms. The molecule has 1 amide bonds. The van der Waals surface area contributed by atoms with Crippen molar-refractivity contribution in [2.45, 2.75) is 39.5 Å². The second-order valence-corrected chi connectivity index (χ2v) is 5.90. The number of pyridine rings is 1. The highest BCUT2D eigenvalue weighted by molar-refractivity contribution is 5.78. The number of carbonyl (C=O) groups is 1. The van der Waals surface area contributed by atoms with Gasteiger partial charge in [0.1, 0.15) is 0 Å². The summed E-state index contributed by atoms with van der Waals surface area (Å²) in [6.45, 7) is 7.10. The monoisotopic (exact) mass is 289 g/mol. The highest BCUT2D eigenvalue weighted by Crippen LogP contribution is 2.22. The number of anilines is 1. The van der Waals surface area contributed by atoms with E-state index in [2.05, 4.69) is 35.1 Å². The quantitative estimate of drug-likeness (QED) is 0.876. The molecule has 4 nitrogen and oxygen atoms in total. The largest absolute Gasteiger partial charge is 0.370 e. The fourth-order valence-corrected chi connectivity index (χ4v) is 2.98. The Hall–Kier alpha value is -1.58. The van der Waals surface area contributed by atoms with Gasteiger partial charge >= 0.3 is 0 Å². The summed E-state index contributed by atoms with van der Waals surface area (Å²) in [4.78, 5) is 18.6. The molecule has 2 rings (SSSR count). The van der Waals surface area contributed by atoms with Crippen molar-refractivity contribution in [1.82, 2.24) is 10.3 Å². The molecule has 116 valence electrons. The zero-order valence-electron chi connectivity index (χ0n) is 13.2. The number of piperidine rings is 1. The van der Waals surface area contributed by atoms with Gasteiger partial charge in [0, 0.05) is 31.7 Å². The number of rotatable bonds is 6. The molecule has 1 fully saturated rings. The summed E-state index contributed by atoms with van der Waals surface area (Å²) < 4.78 is 0. The van der Waals surface area contributed by atoms with E-state index in [1.807, 2.05) is 18.5 Å². The van der Waals surface area contributed by atoms with Crippen LogP contribution in [-0.4, -0.2) is 30.5 Å². The summed E-state index contributed by atoms with van der Waals surface area (Å²) in [5.74, 6) is 1.02. The molecule has 1 aliphatic rings. The lowest BCUT2D eigenvalue weighted by atomic mass is 9.95. The van der Waals surface area contributed by atoms with Crippen LogP contribution in [0.2, 0.25) is 0 Å². The van der Waals surface area contributed by atoms with E-state index in [9.17, 15) is 4.79 Å². The molecule has 1 saturated heterocycles. The number of nitrogens with zero attached hydrogens (tertiary/aromatic N) is 2. The van der Waals surface area contributed by atoms with Gasteiger partial charge in [-0.15, -0.1) is 0 Å². The molecule has 21 heavy (non-hydrogen) atoms. The molecular formula is C17H27N3O. The minimum absolute atomic E-state index is 0.181. The molecule has 0 bridgehead atoms. The van der Waals surface area contributed by atoms with E-state index in [4.69, 9.17) is 0 Å². The number of carbonyl (C=O) groups excluding carboxylic acids is 1. The van der Waals surface area contributed by atoms with Crippen LogP contribution in [-0.2, 0) is 4.79 Å². The lowest BCUT2D eigenvalue weighted by molar-refractivity contribution is -0.125. The Bertz CT molecular complexity index is 423. The third kappa shape index (κ3) is 4.45. The number of aromatic nitrogens is 1. The van der Waals surface area contributed by atoms with E-state index in [0.717, 1.165) is 45.3 Å². The summed E-state index contributed by atoms with van der Waals surface area (Å²) in [6.07, 6.45) is 7.87. The van der Waals surface area contributed by atoms with Crippen LogP contribution in [0, 0.1) is 11.8 Å². The first-order valence-electron chi connectivity index (χ1n) is 8.17. The van der Waals surface area contributed by atoms with E-state index < -0.39 is 0 Å². The van der Waals surface area contributed by atoms with E-state index in [0.29, 0.717) is 5.92 Å². The van der Waals surface area contributed by atoms with Crippen LogP contribution >= 0.6 is 0 Å². The Kier molecular flexibility index (Phi) is 6.03. The molecule has 0 aromatic carbocycles. The van der Waals surface area contributed by atoms with Crippen LogP contribution < -0.4 is 10.2 Å². The second-order valence-electron chi connectivity index (χ2n) is 5.90. The first-order chi connectivity index (χ1) is 10.2. The van der Waals surface area contributed by atoms with Gasteiger partial charge in [0.2, 0.25) is 5.91 Å². The lowest BCUT2D eigenvalue weighted by Gasteiger charge is -2.33. The Morgan fingerprint density at radius 2 is 2.10 bits per heavy atom. The third-order valence-corrected chi connectivity index (χ3v) is 4.55. The van der Waals surface area contributed by atoms with Crippen molar-refractivity contribution in [3.8, 4) is 0 Å². The smallest absolute Gasteiger partial charge is 0.223 e. The van der Waals surface area contributed by atoms with Crippen molar-refractivity contribution in [2.75, 3.05) is 24.5 Å². The van der Waals surface area contributed by atoms with Crippen molar-refractivity contribution in [2.24, 2.45) is 11.8 Å². The van der Waals surface area contributed by atoms with Gasteiger partial charge in [0.25, 0.3) is 0 Å². The number of hydrogen-bond acceptors (Lipinski definition) is 3. The van der Waals surface area contributed by atoms with Crippen molar-refractivity contribution < 1.29 is 4.79 Å². The molecule has 2 heterocycles. The predicted octanol–water partition coefficient (Wildman–Crippen LogP) is 2.85. The van der Waals surface area contributed by atoms with Gasteiger partial charge in [-0.25, -0.2) is 0 Å². The summed E-state index contributed by atoms with van der Waals surface area (Å²) in [6, 6.07) is 4.10. The average molecular weight is 289 g/mol. The number of hydrogen-bond donors (Lipinski definition) is 1. The highest BCUT2D eigenvalue weighted by Gasteiger charge is 2.21. The standard InChI is InChI=1S/C17H27N3O/c1-3-15(4-2)17(21)19-12-14-7-10-20(11-8-14)16-6-5-9-18-13-16/h5-6,9,13-15H,3-4,7-8,10-12H2,1-2H3,(H,19,21). The van der Waals surface area contributed by atoms with Crippen molar-refractivity contribution in [3.05, 3.63) is 24.5 Å². The summed E-state index contributed by atoms with van der Waals surface area (Å²) in [7, 11) is 0. The van der Waals surface area contributed by atoms with E-state index in [-0.39, 0.29) is 11.8 Å². The second kappa shape index (κ2) is 8.01. The molecule has 0 spiro atoms. The lowest BCUT2D eigenvalue weighted by Crippen LogP contribution is -2.40. The van der Waals surface area contributed by atoms with Crippen molar-refractivity contribution >= 4 is 11.6 Å². The first-order valence-corrected chi connectivity index (χ1v) is 8.17. The van der Waals surface area contributed by atoms with Crippen molar-refractivity contribution in [3.63, 3.8) is 0 Å². The van der Waals surface area contributed by atoms with Crippen LogP contribution in [0.5, 0.6) is 0 Å². The fraction of sp³-hybridized carbons (Fsp3) is 0.647. The van der Waals surface area contributed by atoms with Gasteiger partial charge in [-0.05, 0) is 43.7 Å². The van der Waals surface area contributed by atoms with Crippen LogP contribution in [0.25, 0.3) is 0 Å². The molecule has 1 N–H and O–H groups in total. The van der Waals surface area contributed by atoms with Gasteiger partial charge in [-0.1, -0.05) is 13.8 Å². The van der Waals surface area contributed by atoms with Crippen LogP contribution in [0.15, 0.2) is 24.5 Å². The third-order valence-electron chi connectivity index (χ3n) is 4.55. The SMILES string of the molecule is CCC(CC)C(=O)NCC1CCN(c2cccnc2)CC1. The maximum atomic E-state index is 12.0. The summed E-state index contributed by atoms with van der Waals surface area (Å²) >= 11 is 0. The Morgan fingerprint density at radius 1 is 1.38 bits per heavy atom. The minimum Gasteiger partial charge on any atom is -0.370 e. The van der Waals surface area contributed by atoms with Crippen LogP contribution in [0.1, 0.15) is 39.5 Å². The normalized spacial score (nSPS) is 16.2. The molecule has 1 aromatic heterocycles.